The molecule has 0 bridgehead atoms. The number of rotatable bonds is 6. The minimum Gasteiger partial charge on any atom is -0.353 e. The summed E-state index contributed by atoms with van der Waals surface area (Å²) in [4.78, 5) is 12.3. The molecule has 1 aliphatic heterocycles. The summed E-state index contributed by atoms with van der Waals surface area (Å²) < 4.78 is 1.91. The highest BCUT2D eigenvalue weighted by atomic mass is 16.1. The van der Waals surface area contributed by atoms with Crippen molar-refractivity contribution in [1.82, 2.24) is 20.4 Å². The Morgan fingerprint density at radius 1 is 1.43 bits per heavy atom. The van der Waals surface area contributed by atoms with Crippen molar-refractivity contribution in [3.63, 3.8) is 0 Å². The Hall–Kier alpha value is -1.36. The molecule has 5 heteroatoms. The molecule has 3 unspecified atom stereocenters. The lowest BCUT2D eigenvalue weighted by Crippen LogP contribution is -2.38. The minimum absolute atomic E-state index is 0.140. The van der Waals surface area contributed by atoms with Gasteiger partial charge in [-0.3, -0.25) is 9.48 Å². The lowest BCUT2D eigenvalue weighted by Gasteiger charge is -2.28. The van der Waals surface area contributed by atoms with Gasteiger partial charge in [0.2, 0.25) is 5.91 Å². The first-order valence-corrected chi connectivity index (χ1v) is 8.87. The molecule has 0 spiro atoms. The zero-order valence-corrected chi connectivity index (χ0v) is 15.3. The van der Waals surface area contributed by atoms with Gasteiger partial charge in [0.15, 0.2) is 0 Å². The van der Waals surface area contributed by atoms with Crippen molar-refractivity contribution in [3.05, 3.63) is 17.0 Å². The lowest BCUT2D eigenvalue weighted by atomic mass is 9.85. The average Bonchev–Trinajstić information content (AvgIpc) is 2.74. The summed E-state index contributed by atoms with van der Waals surface area (Å²) in [5.74, 6) is 1.25. The number of nitrogens with zero attached hydrogens (tertiary/aromatic N) is 2. The summed E-state index contributed by atoms with van der Waals surface area (Å²) in [5.41, 5.74) is 3.50. The summed E-state index contributed by atoms with van der Waals surface area (Å²) >= 11 is 0. The van der Waals surface area contributed by atoms with E-state index in [2.05, 4.69) is 36.5 Å². The molecule has 1 aromatic rings. The molecule has 130 valence electrons. The van der Waals surface area contributed by atoms with E-state index in [1.807, 2.05) is 18.7 Å². The number of amides is 1. The fourth-order valence-corrected chi connectivity index (χ4v) is 3.63. The highest BCUT2D eigenvalue weighted by Gasteiger charge is 2.23. The van der Waals surface area contributed by atoms with E-state index >= 15 is 0 Å². The molecule has 1 aliphatic rings. The summed E-state index contributed by atoms with van der Waals surface area (Å²) in [5, 5.41) is 11.1. The monoisotopic (exact) mass is 320 g/mol. The third kappa shape index (κ3) is 4.80. The van der Waals surface area contributed by atoms with Crippen LogP contribution in [0.5, 0.6) is 0 Å². The van der Waals surface area contributed by atoms with Crippen LogP contribution in [0.3, 0.4) is 0 Å². The molecule has 0 radical (unpaired) electrons. The van der Waals surface area contributed by atoms with Gasteiger partial charge < -0.3 is 10.6 Å². The van der Waals surface area contributed by atoms with Gasteiger partial charge in [-0.2, -0.15) is 5.10 Å². The highest BCUT2D eigenvalue weighted by Crippen LogP contribution is 2.22. The Kier molecular flexibility index (Phi) is 6.22. The van der Waals surface area contributed by atoms with Crippen LogP contribution >= 0.6 is 0 Å². The van der Waals surface area contributed by atoms with E-state index in [0.717, 1.165) is 25.2 Å². The first-order valence-electron chi connectivity index (χ1n) is 8.87. The van der Waals surface area contributed by atoms with Crippen LogP contribution in [0.15, 0.2) is 0 Å². The van der Waals surface area contributed by atoms with Crippen LogP contribution in [0.1, 0.15) is 50.1 Å². The van der Waals surface area contributed by atoms with Crippen molar-refractivity contribution in [3.8, 4) is 0 Å². The summed E-state index contributed by atoms with van der Waals surface area (Å²) in [7, 11) is 1.97. The van der Waals surface area contributed by atoms with E-state index in [0.29, 0.717) is 18.3 Å². The number of piperidine rings is 1. The number of aryl methyl sites for hydroxylation is 2. The molecule has 5 nitrogen and oxygen atoms in total. The van der Waals surface area contributed by atoms with Crippen LogP contribution < -0.4 is 10.6 Å². The van der Waals surface area contributed by atoms with Gasteiger partial charge in [-0.05, 0) is 70.5 Å². The van der Waals surface area contributed by atoms with Gasteiger partial charge in [0, 0.05) is 25.2 Å². The van der Waals surface area contributed by atoms with Crippen molar-refractivity contribution in [2.45, 2.75) is 59.4 Å². The Labute approximate surface area is 140 Å². The maximum absolute atomic E-state index is 12.3. The number of carbonyl (C=O) groups excluding carboxylic acids is 1. The van der Waals surface area contributed by atoms with Crippen molar-refractivity contribution in [1.29, 1.82) is 0 Å². The summed E-state index contributed by atoms with van der Waals surface area (Å²) in [6.45, 7) is 10.6. The summed E-state index contributed by atoms with van der Waals surface area (Å²) in [6.07, 6.45) is 3.94. The fourth-order valence-electron chi connectivity index (χ4n) is 3.63. The predicted molar refractivity (Wildman–Crippen MR) is 93.4 cm³/mol. The normalized spacial score (nSPS) is 21.0. The molecule has 2 rings (SSSR count). The van der Waals surface area contributed by atoms with E-state index < -0.39 is 0 Å². The van der Waals surface area contributed by atoms with Gasteiger partial charge in [-0.1, -0.05) is 6.92 Å². The quantitative estimate of drug-likeness (QED) is 0.844. The van der Waals surface area contributed by atoms with Gasteiger partial charge in [-0.15, -0.1) is 0 Å². The van der Waals surface area contributed by atoms with E-state index in [1.165, 1.54) is 24.1 Å². The second-order valence-corrected chi connectivity index (χ2v) is 7.23. The van der Waals surface area contributed by atoms with E-state index in [9.17, 15) is 4.79 Å². The first-order chi connectivity index (χ1) is 10.9. The third-order valence-electron chi connectivity index (χ3n) is 5.22. The Morgan fingerprint density at radius 2 is 2.17 bits per heavy atom. The number of carbonyl (C=O) groups is 1. The van der Waals surface area contributed by atoms with Gasteiger partial charge in [0.1, 0.15) is 0 Å². The van der Waals surface area contributed by atoms with Crippen LogP contribution in [-0.4, -0.2) is 34.8 Å². The molecule has 0 saturated carbocycles. The molecule has 23 heavy (non-hydrogen) atoms. The highest BCUT2D eigenvalue weighted by molar-refractivity contribution is 5.76. The second kappa shape index (κ2) is 7.95. The number of aromatic nitrogens is 2. The molecule has 0 aliphatic carbocycles. The molecule has 1 saturated heterocycles. The second-order valence-electron chi connectivity index (χ2n) is 7.23. The molecule has 2 N–H and O–H groups in total. The standard InChI is InChI=1S/C18H32N4O/c1-12(16-7-6-8-19-11-16)9-18(23)20-13(2)10-17-14(3)21-22(5)15(17)4/h12-13,16,19H,6-11H2,1-5H3,(H,20,23). The zero-order chi connectivity index (χ0) is 17.0. The third-order valence-corrected chi connectivity index (χ3v) is 5.22. The van der Waals surface area contributed by atoms with Crippen molar-refractivity contribution in [2.75, 3.05) is 13.1 Å². The smallest absolute Gasteiger partial charge is 0.220 e. The van der Waals surface area contributed by atoms with Gasteiger partial charge in [0.05, 0.1) is 5.69 Å². The zero-order valence-electron chi connectivity index (χ0n) is 15.3. The fraction of sp³-hybridized carbons (Fsp3) is 0.778. The van der Waals surface area contributed by atoms with Crippen LogP contribution in [-0.2, 0) is 18.3 Å². The maximum Gasteiger partial charge on any atom is 0.220 e. The van der Waals surface area contributed by atoms with Crippen LogP contribution in [0.4, 0.5) is 0 Å². The van der Waals surface area contributed by atoms with Gasteiger partial charge in [0.25, 0.3) is 0 Å². The van der Waals surface area contributed by atoms with Crippen molar-refractivity contribution >= 4 is 5.91 Å². The molecule has 0 aromatic carbocycles. The number of hydrogen-bond donors (Lipinski definition) is 2. The maximum atomic E-state index is 12.3. The Morgan fingerprint density at radius 3 is 2.74 bits per heavy atom. The topological polar surface area (TPSA) is 59.0 Å². The first kappa shape index (κ1) is 18.0. The molecule has 2 heterocycles. The molecule has 1 amide bonds. The average molecular weight is 320 g/mol. The van der Waals surface area contributed by atoms with Crippen LogP contribution in [0.25, 0.3) is 0 Å². The van der Waals surface area contributed by atoms with E-state index in [4.69, 9.17) is 0 Å². The lowest BCUT2D eigenvalue weighted by molar-refractivity contribution is -0.122. The molecular formula is C18H32N4O. The molecular weight excluding hydrogens is 288 g/mol. The number of hydrogen-bond acceptors (Lipinski definition) is 3. The van der Waals surface area contributed by atoms with Crippen molar-refractivity contribution in [2.24, 2.45) is 18.9 Å². The molecule has 1 aromatic heterocycles. The number of nitrogens with one attached hydrogen (secondary N) is 2. The predicted octanol–water partition coefficient (Wildman–Crippen LogP) is 2.11. The van der Waals surface area contributed by atoms with Crippen LogP contribution in [0.2, 0.25) is 0 Å². The Balaban J connectivity index is 1.82. The van der Waals surface area contributed by atoms with Crippen molar-refractivity contribution < 1.29 is 4.79 Å². The summed E-state index contributed by atoms with van der Waals surface area (Å²) in [6, 6.07) is 0.140. The largest absolute Gasteiger partial charge is 0.353 e. The minimum atomic E-state index is 0.140. The molecule has 1 fully saturated rings. The molecule has 3 atom stereocenters. The van der Waals surface area contributed by atoms with Crippen LogP contribution in [0, 0.1) is 25.7 Å². The SMILES string of the molecule is Cc1nn(C)c(C)c1CC(C)NC(=O)CC(C)C1CCCNC1. The van der Waals surface area contributed by atoms with Gasteiger partial charge >= 0.3 is 0 Å². The van der Waals surface area contributed by atoms with Gasteiger partial charge in [-0.25, -0.2) is 0 Å². The van der Waals surface area contributed by atoms with E-state index in [-0.39, 0.29) is 11.9 Å². The van der Waals surface area contributed by atoms with E-state index in [1.54, 1.807) is 0 Å². The Bertz CT molecular complexity index is 531.